The third-order valence-electron chi connectivity index (χ3n) is 8.45. The first-order valence-corrected chi connectivity index (χ1v) is 15.4. The van der Waals surface area contributed by atoms with Crippen LogP contribution in [-0.4, -0.2) is 91.0 Å². The standard InChI is InChI=1S/C32H36FN11O3/c1-47-30-38-16-24(17-39-30)23-14-36-29(37-15-23)44(31(46)40-12-21-5-3-2-4-6-21)26-9-7-25(8-10-26)41-28-35-13-22(11-34)27(42-28)43-18-32(33,19-43)20-45/h2-6,13-17,25-26,31,40,45-46H,7-10,12,18-20H2,1H3,(H,35,41,42)/t25-,26-,31?. The van der Waals surface area contributed by atoms with Crippen LogP contribution < -0.4 is 25.2 Å². The molecule has 6 rings (SSSR count). The molecule has 244 valence electrons. The van der Waals surface area contributed by atoms with Gasteiger partial charge in [-0.15, -0.1) is 0 Å². The first-order valence-electron chi connectivity index (χ1n) is 15.4. The van der Waals surface area contributed by atoms with Gasteiger partial charge in [0.15, 0.2) is 17.8 Å². The quantitative estimate of drug-likeness (QED) is 0.166. The van der Waals surface area contributed by atoms with Gasteiger partial charge in [-0.1, -0.05) is 30.3 Å². The van der Waals surface area contributed by atoms with E-state index >= 15 is 0 Å². The average molecular weight is 642 g/mol. The van der Waals surface area contributed by atoms with E-state index in [4.69, 9.17) is 4.74 Å². The molecular formula is C32H36FN11O3. The molecule has 1 saturated heterocycles. The van der Waals surface area contributed by atoms with Crippen molar-refractivity contribution in [2.45, 2.75) is 56.3 Å². The predicted octanol–water partition coefficient (Wildman–Crippen LogP) is 2.42. The number of anilines is 3. The van der Waals surface area contributed by atoms with Gasteiger partial charge in [-0.05, 0) is 31.2 Å². The van der Waals surface area contributed by atoms with Gasteiger partial charge in [-0.3, -0.25) is 10.2 Å². The molecule has 1 saturated carbocycles. The van der Waals surface area contributed by atoms with Crippen LogP contribution in [-0.2, 0) is 6.54 Å². The largest absolute Gasteiger partial charge is 0.467 e. The van der Waals surface area contributed by atoms with Crippen LogP contribution in [0.5, 0.6) is 6.01 Å². The number of methoxy groups -OCH3 is 1. The second-order valence-electron chi connectivity index (χ2n) is 11.7. The molecule has 0 spiro atoms. The van der Waals surface area contributed by atoms with E-state index in [2.05, 4.69) is 46.6 Å². The number of halogens is 1. The van der Waals surface area contributed by atoms with Gasteiger partial charge in [-0.25, -0.2) is 29.3 Å². The second kappa shape index (κ2) is 14.2. The molecule has 4 heterocycles. The van der Waals surface area contributed by atoms with Gasteiger partial charge in [0.25, 0.3) is 0 Å². The summed E-state index contributed by atoms with van der Waals surface area (Å²) in [4.78, 5) is 29.9. The fraction of sp³-hybridized carbons (Fsp3) is 0.406. The highest BCUT2D eigenvalue weighted by Gasteiger charge is 2.44. The molecule has 4 N–H and O–H groups in total. The van der Waals surface area contributed by atoms with E-state index in [1.165, 1.54) is 13.3 Å². The first-order chi connectivity index (χ1) is 22.9. The number of rotatable bonds is 12. The smallest absolute Gasteiger partial charge is 0.316 e. The van der Waals surface area contributed by atoms with E-state index in [9.17, 15) is 19.9 Å². The van der Waals surface area contributed by atoms with Crippen molar-refractivity contribution in [3.63, 3.8) is 0 Å². The number of aromatic nitrogens is 6. The number of aliphatic hydroxyl groups is 2. The molecule has 1 unspecified atom stereocenters. The molecule has 2 aliphatic rings. The van der Waals surface area contributed by atoms with Crippen LogP contribution in [0.3, 0.4) is 0 Å². The van der Waals surface area contributed by atoms with Crippen LogP contribution in [0, 0.1) is 11.3 Å². The second-order valence-corrected chi connectivity index (χ2v) is 11.7. The minimum atomic E-state index is -1.69. The van der Waals surface area contributed by atoms with Crippen LogP contribution >= 0.6 is 0 Å². The van der Waals surface area contributed by atoms with Crippen molar-refractivity contribution in [1.82, 2.24) is 35.2 Å². The van der Waals surface area contributed by atoms with Gasteiger partial charge in [-0.2, -0.15) is 10.2 Å². The van der Waals surface area contributed by atoms with Crippen LogP contribution in [0.4, 0.5) is 22.1 Å². The van der Waals surface area contributed by atoms with Crippen LogP contribution in [0.25, 0.3) is 11.1 Å². The topological polar surface area (TPSA) is 181 Å². The fourth-order valence-corrected chi connectivity index (χ4v) is 5.88. The van der Waals surface area contributed by atoms with Crippen LogP contribution in [0.15, 0.2) is 61.3 Å². The van der Waals surface area contributed by atoms with Gasteiger partial charge in [0.05, 0.1) is 33.0 Å². The molecule has 4 aromatic rings. The Morgan fingerprint density at radius 3 is 2.30 bits per heavy atom. The summed E-state index contributed by atoms with van der Waals surface area (Å²) < 4.78 is 19.4. The molecule has 15 heteroatoms. The van der Waals surface area contributed by atoms with Crippen LogP contribution in [0.1, 0.15) is 36.8 Å². The van der Waals surface area contributed by atoms with Crippen molar-refractivity contribution >= 4 is 17.7 Å². The molecule has 2 fully saturated rings. The molecular weight excluding hydrogens is 605 g/mol. The first kappa shape index (κ1) is 31.9. The van der Waals surface area contributed by atoms with Gasteiger partial charge < -0.3 is 25.2 Å². The lowest BCUT2D eigenvalue weighted by atomic mass is 9.90. The molecule has 47 heavy (non-hydrogen) atoms. The summed E-state index contributed by atoms with van der Waals surface area (Å²) in [5, 5.41) is 36.8. The summed E-state index contributed by atoms with van der Waals surface area (Å²) in [5.74, 6) is 1.08. The Balaban J connectivity index is 1.14. The van der Waals surface area contributed by atoms with E-state index in [1.54, 1.807) is 29.7 Å². The predicted molar refractivity (Wildman–Crippen MR) is 171 cm³/mol. The minimum absolute atomic E-state index is 0.0346. The molecule has 14 nitrogen and oxygen atoms in total. The number of benzene rings is 1. The Bertz CT molecular complexity index is 1660. The van der Waals surface area contributed by atoms with Crippen molar-refractivity contribution in [2.24, 2.45) is 0 Å². The highest BCUT2D eigenvalue weighted by Crippen LogP contribution is 2.33. The monoisotopic (exact) mass is 641 g/mol. The zero-order chi connectivity index (χ0) is 32.8. The van der Waals surface area contributed by atoms with Crippen molar-refractivity contribution in [3.05, 3.63) is 72.4 Å². The van der Waals surface area contributed by atoms with Gasteiger partial charge in [0.2, 0.25) is 11.9 Å². The zero-order valence-corrected chi connectivity index (χ0v) is 25.9. The lowest BCUT2D eigenvalue weighted by molar-refractivity contribution is 0.0440. The van der Waals surface area contributed by atoms with E-state index in [-0.39, 0.29) is 36.7 Å². The van der Waals surface area contributed by atoms with Gasteiger partial charge in [0.1, 0.15) is 11.6 Å². The highest BCUT2D eigenvalue weighted by molar-refractivity contribution is 5.60. The van der Waals surface area contributed by atoms with Crippen molar-refractivity contribution in [3.8, 4) is 23.2 Å². The molecule has 0 radical (unpaired) electrons. The summed E-state index contributed by atoms with van der Waals surface area (Å²) in [7, 11) is 1.50. The van der Waals surface area contributed by atoms with Gasteiger partial charge >= 0.3 is 6.01 Å². The Morgan fingerprint density at radius 2 is 1.68 bits per heavy atom. The molecule has 1 aliphatic carbocycles. The Morgan fingerprint density at radius 1 is 1.02 bits per heavy atom. The van der Waals surface area contributed by atoms with Crippen molar-refractivity contribution in [2.75, 3.05) is 41.9 Å². The Kier molecular flexibility index (Phi) is 9.62. The van der Waals surface area contributed by atoms with E-state index < -0.39 is 18.6 Å². The zero-order valence-electron chi connectivity index (χ0n) is 25.9. The summed E-state index contributed by atoms with van der Waals surface area (Å²) in [5.41, 5.74) is 1.05. The third kappa shape index (κ3) is 7.35. The number of ether oxygens (including phenoxy) is 1. The number of hydrogen-bond donors (Lipinski definition) is 4. The lowest BCUT2D eigenvalue weighted by Gasteiger charge is -2.44. The number of nitrogens with one attached hydrogen (secondary N) is 2. The van der Waals surface area contributed by atoms with E-state index in [0.29, 0.717) is 24.3 Å². The lowest BCUT2D eigenvalue weighted by Crippen LogP contribution is -2.61. The number of alkyl halides is 1. The Hall–Kier alpha value is -5.04. The molecule has 1 aromatic carbocycles. The normalized spacial score (nSPS) is 19.3. The molecule has 3 aromatic heterocycles. The number of nitrogens with zero attached hydrogens (tertiary/aromatic N) is 9. The maximum Gasteiger partial charge on any atom is 0.316 e. The number of nitriles is 1. The summed E-state index contributed by atoms with van der Waals surface area (Å²) >= 11 is 0. The van der Waals surface area contributed by atoms with Crippen LogP contribution in [0.2, 0.25) is 0 Å². The minimum Gasteiger partial charge on any atom is -0.467 e. The fourth-order valence-electron chi connectivity index (χ4n) is 5.88. The summed E-state index contributed by atoms with van der Waals surface area (Å²) in [6.07, 6.45) is 9.95. The maximum absolute atomic E-state index is 14.3. The summed E-state index contributed by atoms with van der Waals surface area (Å²) in [6.45, 7) is -0.195. The Labute approximate surface area is 271 Å². The molecule has 0 bridgehead atoms. The maximum atomic E-state index is 14.3. The van der Waals surface area contributed by atoms with Crippen molar-refractivity contribution < 1.29 is 19.3 Å². The third-order valence-corrected chi connectivity index (χ3v) is 8.45. The number of aliphatic hydroxyl groups excluding tert-OH is 2. The van der Waals surface area contributed by atoms with E-state index in [0.717, 1.165) is 42.4 Å². The molecule has 0 amide bonds. The van der Waals surface area contributed by atoms with E-state index in [1.807, 2.05) is 35.2 Å². The highest BCUT2D eigenvalue weighted by atomic mass is 19.1. The molecule has 1 aliphatic heterocycles. The van der Waals surface area contributed by atoms with Gasteiger partial charge in [0, 0.05) is 54.5 Å². The SMILES string of the molecule is COc1ncc(-c2cnc(N(C(O)NCc3ccccc3)[C@H]3CC[C@H](Nc4ncc(C#N)c(N5CC(F)(CO)C5)n4)CC3)nc2)cn1. The molecule has 1 atom stereocenters. The average Bonchev–Trinajstić information content (AvgIpc) is 3.11. The summed E-state index contributed by atoms with van der Waals surface area (Å²) in [6, 6.07) is 12.1. The van der Waals surface area contributed by atoms with Crippen molar-refractivity contribution in [1.29, 1.82) is 5.26 Å². The number of hydrogen-bond acceptors (Lipinski definition) is 14.